The van der Waals surface area contributed by atoms with Crippen molar-refractivity contribution in [3.05, 3.63) is 34.9 Å². The Hall–Kier alpha value is -1.03. The maximum atomic E-state index is 12.6. The molecule has 0 saturated heterocycles. The first-order valence-corrected chi connectivity index (χ1v) is 6.28. The van der Waals surface area contributed by atoms with E-state index in [0.717, 1.165) is 30.4 Å². The Bertz CT molecular complexity index is 426. The molecule has 0 heterocycles. The lowest BCUT2D eigenvalue weighted by molar-refractivity contribution is -0.137. The van der Waals surface area contributed by atoms with Crippen molar-refractivity contribution in [3.8, 4) is 0 Å². The molecule has 2 rings (SSSR count). The quantitative estimate of drug-likeness (QED) is 0.848. The number of benzene rings is 1. The lowest BCUT2D eigenvalue weighted by atomic mass is 9.89. The highest BCUT2D eigenvalue weighted by Gasteiger charge is 2.33. The van der Waals surface area contributed by atoms with Crippen LogP contribution < -0.4 is 5.32 Å². The van der Waals surface area contributed by atoms with Crippen LogP contribution in [0.15, 0.2) is 18.2 Å². The molecule has 1 N–H and O–H groups in total. The summed E-state index contributed by atoms with van der Waals surface area (Å²) in [5.41, 5.74) is 1.25. The Morgan fingerprint density at radius 3 is 2.50 bits per heavy atom. The minimum atomic E-state index is -4.25. The van der Waals surface area contributed by atoms with Crippen molar-refractivity contribution in [2.24, 2.45) is 0 Å². The van der Waals surface area contributed by atoms with Crippen LogP contribution in [0.4, 0.5) is 13.2 Å². The Balaban J connectivity index is 2.30. The van der Waals surface area contributed by atoms with Gasteiger partial charge in [0.05, 0.1) is 5.56 Å². The summed E-state index contributed by atoms with van der Waals surface area (Å²) in [6, 6.07) is 4.51. The Morgan fingerprint density at radius 1 is 1.22 bits per heavy atom. The molecule has 0 radical (unpaired) electrons. The first kappa shape index (κ1) is 13.4. The molecule has 1 aromatic rings. The fourth-order valence-corrected chi connectivity index (χ4v) is 2.95. The molecule has 1 fully saturated rings. The molecule has 1 aliphatic carbocycles. The average Bonchev–Trinajstić information content (AvgIpc) is 2.75. The number of alkyl halides is 3. The molecule has 4 heteroatoms. The third kappa shape index (κ3) is 2.53. The summed E-state index contributed by atoms with van der Waals surface area (Å²) in [4.78, 5) is 0. The van der Waals surface area contributed by atoms with Crippen LogP contribution in [0.3, 0.4) is 0 Å². The van der Waals surface area contributed by atoms with Gasteiger partial charge in [-0.15, -0.1) is 0 Å². The van der Waals surface area contributed by atoms with E-state index in [1.165, 1.54) is 12.1 Å². The summed E-state index contributed by atoms with van der Waals surface area (Å²) >= 11 is 0. The van der Waals surface area contributed by atoms with E-state index in [9.17, 15) is 13.2 Å². The SMILES string of the molecule is CNC1CCCC1c1ccc(C(F)(F)F)cc1C. The normalized spacial score (nSPS) is 24.5. The second-order valence-corrected chi connectivity index (χ2v) is 5.00. The summed E-state index contributed by atoms with van der Waals surface area (Å²) in [5.74, 6) is 0.345. The predicted octanol–water partition coefficient (Wildman–Crippen LogP) is 3.87. The topological polar surface area (TPSA) is 12.0 Å². The molecular formula is C14H18F3N. The van der Waals surface area contributed by atoms with Gasteiger partial charge in [0.2, 0.25) is 0 Å². The van der Waals surface area contributed by atoms with Crippen LogP contribution >= 0.6 is 0 Å². The van der Waals surface area contributed by atoms with E-state index in [2.05, 4.69) is 5.32 Å². The summed E-state index contributed by atoms with van der Waals surface area (Å²) in [6.07, 6.45) is -0.961. The van der Waals surface area contributed by atoms with Gasteiger partial charge in [0.15, 0.2) is 0 Å². The molecule has 0 spiro atoms. The van der Waals surface area contributed by atoms with Crippen molar-refractivity contribution in [1.29, 1.82) is 0 Å². The summed E-state index contributed by atoms with van der Waals surface area (Å²) in [6.45, 7) is 1.77. The van der Waals surface area contributed by atoms with Crippen LogP contribution in [0.2, 0.25) is 0 Å². The fourth-order valence-electron chi connectivity index (χ4n) is 2.95. The molecule has 100 valence electrons. The van der Waals surface area contributed by atoms with Gasteiger partial charge in [-0.1, -0.05) is 12.5 Å². The summed E-state index contributed by atoms with van der Waals surface area (Å²) in [7, 11) is 1.92. The second kappa shape index (κ2) is 4.92. The summed E-state index contributed by atoms with van der Waals surface area (Å²) in [5, 5.41) is 3.26. The number of hydrogen-bond donors (Lipinski definition) is 1. The molecule has 0 amide bonds. The van der Waals surface area contributed by atoms with Gasteiger partial charge in [-0.05, 0) is 56.0 Å². The largest absolute Gasteiger partial charge is 0.416 e. The molecule has 1 saturated carbocycles. The third-order valence-corrected chi connectivity index (χ3v) is 3.88. The molecule has 18 heavy (non-hydrogen) atoms. The van der Waals surface area contributed by atoms with E-state index >= 15 is 0 Å². The van der Waals surface area contributed by atoms with Gasteiger partial charge in [0.1, 0.15) is 0 Å². The Morgan fingerprint density at radius 2 is 1.94 bits per heavy atom. The fraction of sp³-hybridized carbons (Fsp3) is 0.571. The van der Waals surface area contributed by atoms with E-state index in [0.29, 0.717) is 12.0 Å². The molecule has 1 aliphatic rings. The summed E-state index contributed by atoms with van der Waals surface area (Å²) < 4.78 is 37.8. The van der Waals surface area contributed by atoms with Crippen LogP contribution in [0, 0.1) is 6.92 Å². The van der Waals surface area contributed by atoms with Gasteiger partial charge in [-0.25, -0.2) is 0 Å². The van der Waals surface area contributed by atoms with Crippen LogP contribution in [0.1, 0.15) is 41.9 Å². The zero-order valence-electron chi connectivity index (χ0n) is 10.6. The smallest absolute Gasteiger partial charge is 0.316 e. The third-order valence-electron chi connectivity index (χ3n) is 3.88. The Kier molecular flexibility index (Phi) is 3.66. The highest BCUT2D eigenvalue weighted by atomic mass is 19.4. The van der Waals surface area contributed by atoms with Crippen molar-refractivity contribution >= 4 is 0 Å². The van der Waals surface area contributed by atoms with E-state index in [4.69, 9.17) is 0 Å². The monoisotopic (exact) mass is 257 g/mol. The van der Waals surface area contributed by atoms with Gasteiger partial charge in [-0.2, -0.15) is 13.2 Å². The minimum absolute atomic E-state index is 0.345. The zero-order valence-corrected chi connectivity index (χ0v) is 10.6. The van der Waals surface area contributed by atoms with E-state index < -0.39 is 11.7 Å². The molecule has 1 nitrogen and oxygen atoms in total. The highest BCUT2D eigenvalue weighted by Crippen LogP contribution is 2.38. The van der Waals surface area contributed by atoms with Crippen LogP contribution in [0.5, 0.6) is 0 Å². The van der Waals surface area contributed by atoms with E-state index in [1.807, 2.05) is 7.05 Å². The molecule has 2 unspecified atom stereocenters. The van der Waals surface area contributed by atoms with Crippen LogP contribution in [-0.4, -0.2) is 13.1 Å². The highest BCUT2D eigenvalue weighted by molar-refractivity contribution is 5.36. The number of likely N-dealkylation sites (N-methyl/N-ethyl adjacent to an activating group) is 1. The molecule has 1 aromatic carbocycles. The number of aryl methyl sites for hydroxylation is 1. The minimum Gasteiger partial charge on any atom is -0.316 e. The lowest BCUT2D eigenvalue weighted by Gasteiger charge is -2.22. The van der Waals surface area contributed by atoms with Crippen LogP contribution in [0.25, 0.3) is 0 Å². The van der Waals surface area contributed by atoms with Crippen molar-refractivity contribution in [2.75, 3.05) is 7.05 Å². The van der Waals surface area contributed by atoms with Crippen molar-refractivity contribution in [2.45, 2.75) is 44.3 Å². The van der Waals surface area contributed by atoms with Crippen LogP contribution in [-0.2, 0) is 6.18 Å². The molecule has 0 bridgehead atoms. The van der Waals surface area contributed by atoms with E-state index in [1.54, 1.807) is 13.0 Å². The van der Waals surface area contributed by atoms with Gasteiger partial charge in [0, 0.05) is 6.04 Å². The molecule has 0 aromatic heterocycles. The zero-order chi connectivity index (χ0) is 13.3. The number of hydrogen-bond acceptors (Lipinski definition) is 1. The molecular weight excluding hydrogens is 239 g/mol. The standard InChI is InChI=1S/C14H18F3N/c1-9-8-10(14(15,16)17)6-7-11(9)12-4-3-5-13(12)18-2/h6-8,12-13,18H,3-5H2,1-2H3. The number of rotatable bonds is 2. The van der Waals surface area contributed by atoms with Crippen molar-refractivity contribution < 1.29 is 13.2 Å². The van der Waals surface area contributed by atoms with Gasteiger partial charge in [0.25, 0.3) is 0 Å². The average molecular weight is 257 g/mol. The maximum Gasteiger partial charge on any atom is 0.416 e. The van der Waals surface area contributed by atoms with Crippen molar-refractivity contribution in [1.82, 2.24) is 5.32 Å². The number of halogens is 3. The number of nitrogens with one attached hydrogen (secondary N) is 1. The first-order valence-electron chi connectivity index (χ1n) is 6.28. The van der Waals surface area contributed by atoms with Crippen molar-refractivity contribution in [3.63, 3.8) is 0 Å². The van der Waals surface area contributed by atoms with Gasteiger partial charge in [-0.3, -0.25) is 0 Å². The maximum absolute atomic E-state index is 12.6. The Labute approximate surface area is 105 Å². The molecule has 0 aliphatic heterocycles. The predicted molar refractivity (Wildman–Crippen MR) is 65.6 cm³/mol. The van der Waals surface area contributed by atoms with Gasteiger partial charge >= 0.3 is 6.18 Å². The second-order valence-electron chi connectivity index (χ2n) is 5.00. The lowest BCUT2D eigenvalue weighted by Crippen LogP contribution is -2.28. The van der Waals surface area contributed by atoms with Gasteiger partial charge < -0.3 is 5.32 Å². The van der Waals surface area contributed by atoms with E-state index in [-0.39, 0.29) is 0 Å². The first-order chi connectivity index (χ1) is 8.43. The molecule has 2 atom stereocenters.